The largest absolute Gasteiger partial charge is 0.494 e. The molecule has 8 aromatic carbocycles. The number of fused-ring (bicyclic) bond motifs is 3. The standard InChI is InChI=1S/C57H70BNO4.C35H48O2/c1-10-15-17-40(12-3)38-60-49-25-20-44(21-26-49)46-31-43(32-47(34-46)45-22-27-50(28-23-45)61-39-41(13-4)18-16-11-2)36-57(14-5)53-33-42(37-59)19-29-51(53)52-30-24-48(35-54(52)57)58-62-55(6,7)56(8,9)63-58;1-6-10-12-28(8-3)25-36-34-18-14-30(15-19-34)32-22-27(5)23-33(24-32)31-16-20-35(21-17-31)37-26-29(9-4)13-11-7-2/h19-35,40-41H,10-18,36,38-39H2,1-9H3;14-24,28-29H,6-13,25-26H2,1-5H3. The van der Waals surface area contributed by atoms with Crippen molar-refractivity contribution in [3.05, 3.63) is 198 Å². The molecule has 530 valence electrons. The van der Waals surface area contributed by atoms with E-state index in [0.29, 0.717) is 29.2 Å². The van der Waals surface area contributed by atoms with Crippen molar-refractivity contribution in [2.45, 2.75) is 229 Å². The van der Waals surface area contributed by atoms with Crippen molar-refractivity contribution in [2.24, 2.45) is 23.7 Å². The Morgan fingerprint density at radius 3 is 1.04 bits per heavy atom. The van der Waals surface area contributed by atoms with Crippen LogP contribution in [-0.4, -0.2) is 44.7 Å². The number of rotatable bonds is 36. The van der Waals surface area contributed by atoms with Gasteiger partial charge in [-0.1, -0.05) is 236 Å². The summed E-state index contributed by atoms with van der Waals surface area (Å²) in [5, 5.41) is 10.2. The van der Waals surface area contributed by atoms with Crippen molar-refractivity contribution >= 4 is 12.6 Å². The monoisotopic (exact) mass is 1340 g/mol. The fourth-order valence-corrected chi connectivity index (χ4v) is 14.4. The van der Waals surface area contributed by atoms with Crippen LogP contribution < -0.4 is 24.4 Å². The first-order valence-electron chi connectivity index (χ1n) is 38.7. The fourth-order valence-electron chi connectivity index (χ4n) is 14.4. The molecular weight excluding hydrogens is 1230 g/mol. The topological polar surface area (TPSA) is 79.2 Å². The molecule has 1 heterocycles. The quantitative estimate of drug-likeness (QED) is 0.0362. The molecule has 0 bridgehead atoms. The second-order valence-electron chi connectivity index (χ2n) is 29.9. The van der Waals surface area contributed by atoms with Gasteiger partial charge in [-0.15, -0.1) is 0 Å². The van der Waals surface area contributed by atoms with Crippen molar-refractivity contribution in [3.8, 4) is 84.7 Å². The average molecular weight is 1340 g/mol. The molecule has 1 aliphatic heterocycles. The molecule has 0 amide bonds. The second-order valence-corrected chi connectivity index (χ2v) is 29.9. The average Bonchev–Trinajstić information content (AvgIpc) is 1.55. The van der Waals surface area contributed by atoms with Gasteiger partial charge in [-0.25, -0.2) is 0 Å². The van der Waals surface area contributed by atoms with E-state index in [0.717, 1.165) is 103 Å². The Bertz CT molecular complexity index is 3690. The molecule has 8 aromatic rings. The van der Waals surface area contributed by atoms with Gasteiger partial charge >= 0.3 is 7.12 Å². The molecule has 7 nitrogen and oxygen atoms in total. The van der Waals surface area contributed by atoms with Gasteiger partial charge in [0.25, 0.3) is 0 Å². The van der Waals surface area contributed by atoms with Crippen molar-refractivity contribution in [1.29, 1.82) is 5.26 Å². The summed E-state index contributed by atoms with van der Waals surface area (Å²) in [5.41, 5.74) is 17.3. The van der Waals surface area contributed by atoms with Crippen LogP contribution in [0.3, 0.4) is 0 Å². The normalized spacial score (nSPS) is 16.1. The Labute approximate surface area is 604 Å². The van der Waals surface area contributed by atoms with E-state index >= 15 is 0 Å². The van der Waals surface area contributed by atoms with Gasteiger partial charge in [-0.3, -0.25) is 0 Å². The third kappa shape index (κ3) is 19.7. The van der Waals surface area contributed by atoms with E-state index in [4.69, 9.17) is 28.3 Å². The Kier molecular flexibility index (Phi) is 28.2. The van der Waals surface area contributed by atoms with Gasteiger partial charge in [0.1, 0.15) is 23.0 Å². The summed E-state index contributed by atoms with van der Waals surface area (Å²) >= 11 is 0. The van der Waals surface area contributed by atoms with Gasteiger partial charge in [-0.05, 0) is 253 Å². The number of unbranched alkanes of at least 4 members (excludes halogenated alkanes) is 4. The lowest BCUT2D eigenvalue weighted by Crippen LogP contribution is -2.41. The minimum atomic E-state index is -0.476. The summed E-state index contributed by atoms with van der Waals surface area (Å²) in [4.78, 5) is 0. The molecule has 100 heavy (non-hydrogen) atoms. The number of benzene rings is 8. The number of nitriles is 1. The van der Waals surface area contributed by atoms with Crippen molar-refractivity contribution < 1.29 is 28.3 Å². The van der Waals surface area contributed by atoms with Crippen LogP contribution in [0, 0.1) is 41.9 Å². The number of hydrogen-bond donors (Lipinski definition) is 0. The summed E-state index contributed by atoms with van der Waals surface area (Å²) in [6.45, 7) is 34.1. The van der Waals surface area contributed by atoms with Crippen LogP contribution >= 0.6 is 0 Å². The van der Waals surface area contributed by atoms with Crippen molar-refractivity contribution in [2.75, 3.05) is 26.4 Å². The summed E-state index contributed by atoms with van der Waals surface area (Å²) in [6.07, 6.45) is 21.1. The van der Waals surface area contributed by atoms with Crippen LogP contribution in [0.15, 0.2) is 170 Å². The van der Waals surface area contributed by atoms with E-state index in [1.807, 2.05) is 6.07 Å². The molecule has 0 saturated carbocycles. The molecule has 2 aliphatic rings. The van der Waals surface area contributed by atoms with Gasteiger partial charge < -0.3 is 28.3 Å². The maximum atomic E-state index is 10.2. The van der Waals surface area contributed by atoms with Crippen molar-refractivity contribution in [3.63, 3.8) is 0 Å². The lowest BCUT2D eigenvalue weighted by Gasteiger charge is -2.32. The van der Waals surface area contributed by atoms with E-state index < -0.39 is 23.7 Å². The third-order valence-electron chi connectivity index (χ3n) is 22.1. The van der Waals surface area contributed by atoms with Crippen LogP contribution in [0.2, 0.25) is 0 Å². The zero-order valence-electron chi connectivity index (χ0n) is 63.5. The summed E-state index contributed by atoms with van der Waals surface area (Å²) in [6, 6.07) is 63.8. The van der Waals surface area contributed by atoms with E-state index in [1.54, 1.807) is 0 Å². The number of nitrogens with zero attached hydrogens (tertiary/aromatic N) is 1. The van der Waals surface area contributed by atoms with E-state index in [1.165, 1.54) is 146 Å². The molecule has 0 N–H and O–H groups in total. The minimum Gasteiger partial charge on any atom is -0.493 e. The van der Waals surface area contributed by atoms with Crippen LogP contribution in [0.5, 0.6) is 23.0 Å². The van der Waals surface area contributed by atoms with Crippen LogP contribution in [0.4, 0.5) is 0 Å². The maximum Gasteiger partial charge on any atom is 0.494 e. The molecule has 5 unspecified atom stereocenters. The Morgan fingerprint density at radius 1 is 0.390 bits per heavy atom. The highest BCUT2D eigenvalue weighted by Gasteiger charge is 2.52. The van der Waals surface area contributed by atoms with Gasteiger partial charge in [0.2, 0.25) is 0 Å². The number of aryl methyl sites for hydroxylation is 1. The predicted octanol–water partition coefficient (Wildman–Crippen LogP) is 24.8. The summed E-state index contributed by atoms with van der Waals surface area (Å²) in [7, 11) is -0.476. The zero-order chi connectivity index (χ0) is 71.2. The first-order chi connectivity index (χ1) is 48.4. The lowest BCUT2D eigenvalue weighted by atomic mass is 9.69. The highest BCUT2D eigenvalue weighted by atomic mass is 16.7. The second kappa shape index (κ2) is 36.9. The fraction of sp³-hybridized carbons (Fsp3) is 0.467. The molecule has 0 spiro atoms. The van der Waals surface area contributed by atoms with E-state index in [9.17, 15) is 5.26 Å². The van der Waals surface area contributed by atoms with Crippen LogP contribution in [0.1, 0.15) is 227 Å². The van der Waals surface area contributed by atoms with Gasteiger partial charge in [0.15, 0.2) is 0 Å². The van der Waals surface area contributed by atoms with E-state index in [-0.39, 0.29) is 0 Å². The molecular formula is C92H118BNO6. The minimum absolute atomic E-state index is 0.399. The highest BCUT2D eigenvalue weighted by molar-refractivity contribution is 6.62. The SMILES string of the molecule is CCCCC(CC)COc1ccc(-c2cc(C)cc(-c3ccc(OCC(CC)CCCC)cc3)c2)cc1.CCCCC(CC)COc1ccc(-c2cc(CC3(CC)c4cc(C#N)ccc4-c4ccc(B5OC(C)(C)C(C)(C)O5)cc43)cc(-c3ccc(OCC(CC)CCCC)cc3)c2)cc1. The Balaban J connectivity index is 0.000000268. The number of hydrogen-bond acceptors (Lipinski definition) is 7. The summed E-state index contributed by atoms with van der Waals surface area (Å²) in [5.74, 6) is 6.18. The van der Waals surface area contributed by atoms with E-state index in [2.05, 4.69) is 267 Å². The molecule has 10 rings (SSSR count). The van der Waals surface area contributed by atoms with Crippen LogP contribution in [-0.2, 0) is 21.1 Å². The molecule has 8 heteroatoms. The van der Waals surface area contributed by atoms with Gasteiger partial charge in [0.05, 0.1) is 49.3 Å². The highest BCUT2D eigenvalue weighted by Crippen LogP contribution is 2.53. The molecule has 1 fully saturated rings. The zero-order valence-corrected chi connectivity index (χ0v) is 63.5. The Morgan fingerprint density at radius 2 is 0.720 bits per heavy atom. The van der Waals surface area contributed by atoms with Crippen molar-refractivity contribution in [1.82, 2.24) is 0 Å². The molecule has 1 aliphatic carbocycles. The lowest BCUT2D eigenvalue weighted by molar-refractivity contribution is 0.00578. The molecule has 0 radical (unpaired) electrons. The third-order valence-corrected chi connectivity index (χ3v) is 22.1. The molecule has 0 aromatic heterocycles. The molecule has 1 saturated heterocycles. The first-order valence-corrected chi connectivity index (χ1v) is 38.7. The van der Waals surface area contributed by atoms with Gasteiger partial charge in [-0.2, -0.15) is 5.26 Å². The predicted molar refractivity (Wildman–Crippen MR) is 422 cm³/mol. The maximum absolute atomic E-state index is 10.2. The van der Waals surface area contributed by atoms with Gasteiger partial charge in [0, 0.05) is 5.41 Å². The molecule has 5 atom stereocenters. The van der Waals surface area contributed by atoms with Crippen LogP contribution in [0.25, 0.3) is 55.6 Å². The smallest absolute Gasteiger partial charge is 0.493 e. The first kappa shape index (κ1) is 76.6. The Hall–Kier alpha value is -7.57. The number of ether oxygens (including phenoxy) is 4. The summed E-state index contributed by atoms with van der Waals surface area (Å²) < 4.78 is 38.2.